The summed E-state index contributed by atoms with van der Waals surface area (Å²) < 4.78 is 76.5. The molecule has 0 radical (unpaired) electrons. The summed E-state index contributed by atoms with van der Waals surface area (Å²) in [6, 6.07) is 12.2. The maximum absolute atomic E-state index is 13.4. The molecular weight excluding hydrogens is 579 g/mol. The van der Waals surface area contributed by atoms with Gasteiger partial charge in [-0.2, -0.15) is 23.4 Å². The first-order valence-electron chi connectivity index (χ1n) is 13.1. The van der Waals surface area contributed by atoms with Crippen molar-refractivity contribution in [1.29, 1.82) is 0 Å². The van der Waals surface area contributed by atoms with Gasteiger partial charge in [0.2, 0.25) is 5.88 Å². The van der Waals surface area contributed by atoms with Crippen LogP contribution in [0.4, 0.5) is 19.0 Å². The third-order valence-electron chi connectivity index (χ3n) is 7.47. The molecule has 2 fully saturated rings. The first-order valence-corrected chi connectivity index (χ1v) is 17.1. The minimum atomic E-state index is -4.24. The standard InChI is InChI=1S/C27H32F3N5O4S2/c1-19-17-35(40(2,3)18-19)24-21(25(36)33-41(37,38)20-7-5-4-6-8-20)9-10-22(31-24)34-15-11-23(32-34)39-16-14-26(12-13-26)27(28,29)30/h4-11,15,19H,12-14,16-18H2,1-3H3,(H,33,36)/t19-/m1/s1. The zero-order chi connectivity index (χ0) is 29.6. The third-order valence-corrected chi connectivity index (χ3v) is 11.7. The van der Waals surface area contributed by atoms with Crippen LogP contribution < -0.4 is 13.8 Å². The van der Waals surface area contributed by atoms with E-state index in [1.54, 1.807) is 24.4 Å². The number of anilines is 1. The molecule has 1 atom stereocenters. The Morgan fingerprint density at radius 3 is 2.46 bits per heavy atom. The van der Waals surface area contributed by atoms with Crippen LogP contribution in [0.2, 0.25) is 0 Å². The average Bonchev–Trinajstić information content (AvgIpc) is 3.47. The van der Waals surface area contributed by atoms with Crippen molar-refractivity contribution < 1.29 is 31.1 Å². The SMILES string of the molecule is C[C@@H]1CN(c2nc(-n3ccc(OCCC4(C(F)(F)F)CC4)n3)ccc2C(=O)NS(=O)(=O)c2ccccc2)S(C)(C)C1. The Hall–Kier alpha value is -3.26. The van der Waals surface area contributed by atoms with Gasteiger partial charge in [-0.05, 0) is 67.7 Å². The number of ether oxygens (including phenoxy) is 1. The number of nitrogens with zero attached hydrogens (tertiary/aromatic N) is 4. The van der Waals surface area contributed by atoms with Crippen LogP contribution >= 0.6 is 10.2 Å². The minimum absolute atomic E-state index is 0.0351. The van der Waals surface area contributed by atoms with Crippen LogP contribution in [0.3, 0.4) is 0 Å². The Balaban J connectivity index is 1.40. The van der Waals surface area contributed by atoms with Crippen LogP contribution in [-0.4, -0.2) is 66.7 Å². The molecule has 1 aliphatic carbocycles. The molecule has 1 aromatic carbocycles. The van der Waals surface area contributed by atoms with Gasteiger partial charge in [0.25, 0.3) is 15.9 Å². The number of alkyl halides is 3. The van der Waals surface area contributed by atoms with Gasteiger partial charge in [-0.25, -0.2) is 22.8 Å². The number of halogens is 3. The van der Waals surface area contributed by atoms with Gasteiger partial charge in [0.05, 0.1) is 22.5 Å². The van der Waals surface area contributed by atoms with Gasteiger partial charge in [0.1, 0.15) is 0 Å². The van der Waals surface area contributed by atoms with Crippen molar-refractivity contribution >= 4 is 32.0 Å². The zero-order valence-corrected chi connectivity index (χ0v) is 24.5. The van der Waals surface area contributed by atoms with Gasteiger partial charge < -0.3 is 9.04 Å². The van der Waals surface area contributed by atoms with Gasteiger partial charge in [-0.3, -0.25) is 4.79 Å². The molecule has 9 nitrogen and oxygen atoms in total. The van der Waals surface area contributed by atoms with E-state index in [1.807, 2.05) is 0 Å². The molecule has 0 spiro atoms. The van der Waals surface area contributed by atoms with Crippen molar-refractivity contribution in [3.8, 4) is 11.7 Å². The highest BCUT2D eigenvalue weighted by Gasteiger charge is 2.62. The predicted molar refractivity (Wildman–Crippen MR) is 151 cm³/mol. The zero-order valence-electron chi connectivity index (χ0n) is 22.9. The average molecular weight is 612 g/mol. The van der Waals surface area contributed by atoms with Crippen molar-refractivity contribution in [2.75, 3.05) is 35.7 Å². The first kappa shape index (κ1) is 29.2. The number of hydrogen-bond acceptors (Lipinski definition) is 7. The molecule has 1 saturated carbocycles. The number of carbonyl (C=O) groups excluding carboxylic acids is 1. The summed E-state index contributed by atoms with van der Waals surface area (Å²) in [5, 5.41) is 4.32. The normalized spacial score (nSPS) is 20.4. The number of carbonyl (C=O) groups is 1. The van der Waals surface area contributed by atoms with Crippen LogP contribution in [0.1, 0.15) is 36.5 Å². The number of pyridine rings is 1. The topological polar surface area (TPSA) is 106 Å². The molecule has 14 heteroatoms. The summed E-state index contributed by atoms with van der Waals surface area (Å²) in [6.45, 7) is 2.63. The molecule has 3 aromatic rings. The van der Waals surface area contributed by atoms with Crippen molar-refractivity contribution in [2.45, 2.75) is 37.3 Å². The molecule has 1 saturated heterocycles. The first-order chi connectivity index (χ1) is 19.2. The van der Waals surface area contributed by atoms with Crippen LogP contribution in [0.5, 0.6) is 5.88 Å². The number of nitrogens with one attached hydrogen (secondary N) is 1. The van der Waals surface area contributed by atoms with Crippen LogP contribution in [0.15, 0.2) is 59.6 Å². The van der Waals surface area contributed by atoms with E-state index in [-0.39, 0.29) is 42.2 Å². The molecule has 2 aromatic heterocycles. The van der Waals surface area contributed by atoms with Crippen LogP contribution in [0, 0.1) is 11.3 Å². The van der Waals surface area contributed by atoms with Gasteiger partial charge in [0.15, 0.2) is 11.6 Å². The van der Waals surface area contributed by atoms with Crippen molar-refractivity contribution in [3.05, 3.63) is 60.3 Å². The lowest BCUT2D eigenvalue weighted by Crippen LogP contribution is -2.33. The highest BCUT2D eigenvalue weighted by Crippen LogP contribution is 2.60. The number of hydrogen-bond donors (Lipinski definition) is 1. The Bertz CT molecular complexity index is 1540. The van der Waals surface area contributed by atoms with Gasteiger partial charge in [-0.15, -0.1) is 5.10 Å². The van der Waals surface area contributed by atoms with Gasteiger partial charge in [-0.1, -0.05) is 25.1 Å². The van der Waals surface area contributed by atoms with Crippen molar-refractivity contribution in [2.24, 2.45) is 11.3 Å². The highest BCUT2D eigenvalue weighted by atomic mass is 32.3. The fraction of sp³-hybridized carbons (Fsp3) is 0.444. The number of rotatable bonds is 9. The van der Waals surface area contributed by atoms with Gasteiger partial charge >= 0.3 is 6.18 Å². The largest absolute Gasteiger partial charge is 0.477 e. The molecule has 2 aliphatic rings. The number of benzene rings is 1. The van der Waals surface area contributed by atoms with Gasteiger partial charge in [0, 0.05) is 18.8 Å². The number of aromatic nitrogens is 3. The second kappa shape index (κ2) is 10.5. The smallest absolute Gasteiger partial charge is 0.394 e. The maximum atomic E-state index is 13.4. The molecule has 0 unspecified atom stereocenters. The second-order valence-corrected chi connectivity index (χ2v) is 16.5. The van der Waals surface area contributed by atoms with Crippen LogP contribution in [0.25, 0.3) is 5.82 Å². The van der Waals surface area contributed by atoms with Crippen molar-refractivity contribution in [3.63, 3.8) is 0 Å². The van der Waals surface area contributed by atoms with Crippen LogP contribution in [-0.2, 0) is 10.0 Å². The highest BCUT2D eigenvalue weighted by molar-refractivity contribution is 8.33. The Morgan fingerprint density at radius 2 is 1.85 bits per heavy atom. The summed E-state index contributed by atoms with van der Waals surface area (Å²) in [4.78, 5) is 18.1. The lowest BCUT2D eigenvalue weighted by atomic mass is 10.0. The molecule has 1 aliphatic heterocycles. The molecule has 41 heavy (non-hydrogen) atoms. The summed E-state index contributed by atoms with van der Waals surface area (Å²) in [7, 11) is -5.49. The van der Waals surface area contributed by atoms with Crippen molar-refractivity contribution in [1.82, 2.24) is 19.5 Å². The fourth-order valence-electron chi connectivity index (χ4n) is 5.10. The molecule has 1 N–H and O–H groups in total. The fourth-order valence-corrected chi connectivity index (χ4v) is 9.03. The van der Waals surface area contributed by atoms with E-state index in [0.717, 1.165) is 5.75 Å². The molecule has 1 amide bonds. The molecule has 0 bridgehead atoms. The van der Waals surface area contributed by atoms with E-state index in [0.29, 0.717) is 24.1 Å². The van der Waals surface area contributed by atoms with E-state index >= 15 is 0 Å². The second-order valence-electron chi connectivity index (χ2n) is 11.1. The Labute approximate surface area is 238 Å². The van der Waals surface area contributed by atoms with E-state index < -0.39 is 37.7 Å². The molecular formula is C27H32F3N5O4S2. The van der Waals surface area contributed by atoms with E-state index in [9.17, 15) is 26.4 Å². The summed E-state index contributed by atoms with van der Waals surface area (Å²) >= 11 is 0. The molecule has 3 heterocycles. The van der Waals surface area contributed by atoms with E-state index in [4.69, 9.17) is 9.72 Å². The Morgan fingerprint density at radius 1 is 1.15 bits per heavy atom. The molecule has 5 rings (SSSR count). The van der Waals surface area contributed by atoms with E-state index in [2.05, 4.69) is 33.6 Å². The monoisotopic (exact) mass is 611 g/mol. The quantitative estimate of drug-likeness (QED) is 0.366. The number of sulfonamides is 1. The summed E-state index contributed by atoms with van der Waals surface area (Å²) in [5.41, 5.74) is -1.55. The lowest BCUT2D eigenvalue weighted by Gasteiger charge is -2.38. The minimum Gasteiger partial charge on any atom is -0.477 e. The third kappa shape index (κ3) is 6.03. The summed E-state index contributed by atoms with van der Waals surface area (Å²) in [5.74, 6) is 1.29. The Kier molecular flexibility index (Phi) is 7.51. The number of amides is 1. The molecule has 222 valence electrons. The predicted octanol–water partition coefficient (Wildman–Crippen LogP) is 4.93. The maximum Gasteiger partial charge on any atom is 0.394 e. The van der Waals surface area contributed by atoms with E-state index in [1.165, 1.54) is 35.0 Å². The lowest BCUT2D eigenvalue weighted by molar-refractivity contribution is -0.190. The summed E-state index contributed by atoms with van der Waals surface area (Å²) in [6.07, 6.45) is 1.64.